The van der Waals surface area contributed by atoms with E-state index in [1.54, 1.807) is 0 Å². The van der Waals surface area contributed by atoms with E-state index in [1.807, 2.05) is 0 Å². The van der Waals surface area contributed by atoms with Crippen LogP contribution in [0.1, 0.15) is 18.4 Å². The van der Waals surface area contributed by atoms with E-state index in [4.69, 9.17) is 10.2 Å². The van der Waals surface area contributed by atoms with Crippen molar-refractivity contribution in [2.45, 2.75) is 25.3 Å². The molecule has 0 aliphatic heterocycles. The Kier molecular flexibility index (Phi) is 6.05. The van der Waals surface area contributed by atoms with E-state index < -0.39 is 36.2 Å². The van der Waals surface area contributed by atoms with Crippen molar-refractivity contribution < 1.29 is 28.6 Å². The number of aryl methyl sites for hydroxylation is 1. The standard InChI is InChI=1S/C13H15F2NO4/c14-9-4-5-10(15)8(6-9)2-1-3-12(18)16-11(7-17)13(19)20/h4-6,11,17H,1-3,7H2,(H,16,18)(H,19,20). The minimum atomic E-state index is -1.35. The summed E-state index contributed by atoms with van der Waals surface area (Å²) in [6.07, 6.45) is 0.359. The Hall–Kier alpha value is -2.02. The van der Waals surface area contributed by atoms with Gasteiger partial charge in [-0.15, -0.1) is 0 Å². The van der Waals surface area contributed by atoms with E-state index >= 15 is 0 Å². The van der Waals surface area contributed by atoms with Crippen LogP contribution in [0.5, 0.6) is 0 Å². The second-order valence-electron chi connectivity index (χ2n) is 4.23. The number of carbonyl (C=O) groups excluding carboxylic acids is 1. The summed E-state index contributed by atoms with van der Waals surface area (Å²) in [6, 6.07) is 1.72. The van der Waals surface area contributed by atoms with Gasteiger partial charge in [0.15, 0.2) is 0 Å². The molecule has 7 heteroatoms. The molecular formula is C13H15F2NO4. The first kappa shape index (κ1) is 16.0. The lowest BCUT2D eigenvalue weighted by molar-refractivity contribution is -0.142. The Morgan fingerprint density at radius 2 is 2.00 bits per heavy atom. The van der Waals surface area contributed by atoms with Crippen LogP contribution in [0.2, 0.25) is 0 Å². The zero-order chi connectivity index (χ0) is 15.1. The maximum atomic E-state index is 13.3. The predicted octanol–water partition coefficient (Wildman–Crippen LogP) is 0.849. The lowest BCUT2D eigenvalue weighted by Gasteiger charge is -2.11. The molecule has 0 radical (unpaired) electrons. The largest absolute Gasteiger partial charge is 0.480 e. The Balaban J connectivity index is 2.42. The fourth-order valence-electron chi connectivity index (χ4n) is 1.63. The molecule has 0 aliphatic carbocycles. The molecular weight excluding hydrogens is 272 g/mol. The third-order valence-corrected chi connectivity index (χ3v) is 2.67. The van der Waals surface area contributed by atoms with E-state index in [1.165, 1.54) is 0 Å². The summed E-state index contributed by atoms with van der Waals surface area (Å²) < 4.78 is 26.2. The number of rotatable bonds is 7. The average Bonchev–Trinajstić information content (AvgIpc) is 2.39. The second-order valence-corrected chi connectivity index (χ2v) is 4.23. The van der Waals surface area contributed by atoms with Gasteiger partial charge in [-0.1, -0.05) is 0 Å². The van der Waals surface area contributed by atoms with Crippen LogP contribution < -0.4 is 5.32 Å². The van der Waals surface area contributed by atoms with Gasteiger partial charge in [-0.2, -0.15) is 0 Å². The summed E-state index contributed by atoms with van der Waals surface area (Å²) in [5.41, 5.74) is 0.162. The topological polar surface area (TPSA) is 86.6 Å². The molecule has 1 atom stereocenters. The molecule has 0 spiro atoms. The number of aliphatic hydroxyl groups is 1. The van der Waals surface area contributed by atoms with E-state index in [0.717, 1.165) is 18.2 Å². The van der Waals surface area contributed by atoms with E-state index in [2.05, 4.69) is 5.32 Å². The molecule has 5 nitrogen and oxygen atoms in total. The second kappa shape index (κ2) is 7.54. The van der Waals surface area contributed by atoms with Crippen LogP contribution >= 0.6 is 0 Å². The van der Waals surface area contributed by atoms with Crippen molar-refractivity contribution >= 4 is 11.9 Å². The van der Waals surface area contributed by atoms with Crippen LogP contribution in [0.3, 0.4) is 0 Å². The summed E-state index contributed by atoms with van der Waals surface area (Å²) in [5.74, 6) is -3.01. The third kappa shape index (κ3) is 4.93. The minimum Gasteiger partial charge on any atom is -0.480 e. The summed E-state index contributed by atoms with van der Waals surface area (Å²) in [7, 11) is 0. The zero-order valence-corrected chi connectivity index (χ0v) is 10.6. The number of carboxylic acid groups (broad SMARTS) is 1. The first-order valence-corrected chi connectivity index (χ1v) is 6.01. The number of hydrogen-bond acceptors (Lipinski definition) is 3. The van der Waals surface area contributed by atoms with Crippen molar-refractivity contribution in [3.63, 3.8) is 0 Å². The Morgan fingerprint density at radius 3 is 2.60 bits per heavy atom. The average molecular weight is 287 g/mol. The van der Waals surface area contributed by atoms with Gasteiger partial charge >= 0.3 is 5.97 Å². The van der Waals surface area contributed by atoms with Crippen molar-refractivity contribution in [3.05, 3.63) is 35.4 Å². The molecule has 1 unspecified atom stereocenters. The van der Waals surface area contributed by atoms with Crippen LogP contribution in [0.15, 0.2) is 18.2 Å². The van der Waals surface area contributed by atoms with E-state index in [-0.39, 0.29) is 24.8 Å². The number of hydrogen-bond donors (Lipinski definition) is 3. The molecule has 20 heavy (non-hydrogen) atoms. The molecule has 0 heterocycles. The number of aliphatic carboxylic acids is 1. The van der Waals surface area contributed by atoms with Crippen LogP contribution in [-0.2, 0) is 16.0 Å². The number of carboxylic acids is 1. The summed E-state index contributed by atoms with van der Waals surface area (Å²) in [4.78, 5) is 22.0. The van der Waals surface area contributed by atoms with Gasteiger partial charge in [-0.25, -0.2) is 13.6 Å². The first-order valence-electron chi connectivity index (χ1n) is 6.01. The maximum absolute atomic E-state index is 13.3. The number of nitrogens with one attached hydrogen (secondary N) is 1. The molecule has 1 rings (SSSR count). The van der Waals surface area contributed by atoms with Gasteiger partial charge in [-0.05, 0) is 36.6 Å². The fraction of sp³-hybridized carbons (Fsp3) is 0.385. The number of aliphatic hydroxyl groups excluding tert-OH is 1. The van der Waals surface area contributed by atoms with Crippen molar-refractivity contribution in [3.8, 4) is 0 Å². The molecule has 1 amide bonds. The highest BCUT2D eigenvalue weighted by Gasteiger charge is 2.18. The van der Waals surface area contributed by atoms with Gasteiger partial charge in [0.05, 0.1) is 6.61 Å². The lowest BCUT2D eigenvalue weighted by Crippen LogP contribution is -2.43. The monoisotopic (exact) mass is 287 g/mol. The zero-order valence-electron chi connectivity index (χ0n) is 10.6. The summed E-state index contributed by atoms with van der Waals surface area (Å²) in [5, 5.41) is 19.5. The smallest absolute Gasteiger partial charge is 0.328 e. The molecule has 0 aliphatic rings. The van der Waals surface area contributed by atoms with E-state index in [0.29, 0.717) is 0 Å². The maximum Gasteiger partial charge on any atom is 0.328 e. The summed E-state index contributed by atoms with van der Waals surface area (Å²) >= 11 is 0. The third-order valence-electron chi connectivity index (χ3n) is 2.67. The minimum absolute atomic E-state index is 0.0419. The number of benzene rings is 1. The molecule has 0 saturated carbocycles. The highest BCUT2D eigenvalue weighted by atomic mass is 19.1. The van der Waals surface area contributed by atoms with Crippen molar-refractivity contribution in [1.82, 2.24) is 5.32 Å². The van der Waals surface area contributed by atoms with Crippen molar-refractivity contribution in [2.75, 3.05) is 6.61 Å². The molecule has 1 aromatic rings. The predicted molar refractivity (Wildman–Crippen MR) is 65.9 cm³/mol. The van der Waals surface area contributed by atoms with Gasteiger partial charge in [0.2, 0.25) is 5.91 Å². The van der Waals surface area contributed by atoms with E-state index in [9.17, 15) is 18.4 Å². The number of amides is 1. The molecule has 1 aromatic carbocycles. The van der Waals surface area contributed by atoms with Gasteiger partial charge < -0.3 is 15.5 Å². The van der Waals surface area contributed by atoms with Gasteiger partial charge in [0, 0.05) is 6.42 Å². The molecule has 0 saturated heterocycles. The number of carbonyl (C=O) groups is 2. The first-order chi connectivity index (χ1) is 9.43. The quantitative estimate of drug-likeness (QED) is 0.694. The van der Waals surface area contributed by atoms with Crippen LogP contribution in [-0.4, -0.2) is 34.7 Å². The highest BCUT2D eigenvalue weighted by molar-refractivity contribution is 5.83. The van der Waals surface area contributed by atoms with Crippen LogP contribution in [0.25, 0.3) is 0 Å². The molecule has 0 fully saturated rings. The molecule has 0 aromatic heterocycles. The molecule has 0 bridgehead atoms. The molecule has 3 N–H and O–H groups in total. The summed E-state index contributed by atoms with van der Waals surface area (Å²) in [6.45, 7) is -0.709. The van der Waals surface area contributed by atoms with Gasteiger partial charge in [0.1, 0.15) is 17.7 Å². The van der Waals surface area contributed by atoms with Crippen LogP contribution in [0.4, 0.5) is 8.78 Å². The molecule has 110 valence electrons. The SMILES string of the molecule is O=C(CCCc1cc(F)ccc1F)NC(CO)C(=O)O. The lowest BCUT2D eigenvalue weighted by atomic mass is 10.1. The van der Waals surface area contributed by atoms with Gasteiger partial charge in [0.25, 0.3) is 0 Å². The van der Waals surface area contributed by atoms with Crippen molar-refractivity contribution in [1.29, 1.82) is 0 Å². The fourth-order valence-corrected chi connectivity index (χ4v) is 1.63. The Labute approximate surface area is 114 Å². The Morgan fingerprint density at radius 1 is 1.30 bits per heavy atom. The normalized spacial score (nSPS) is 11.9. The van der Waals surface area contributed by atoms with Gasteiger partial charge in [-0.3, -0.25) is 4.79 Å². The highest BCUT2D eigenvalue weighted by Crippen LogP contribution is 2.12. The van der Waals surface area contributed by atoms with Crippen LogP contribution in [0, 0.1) is 11.6 Å². The number of halogens is 2. The van der Waals surface area contributed by atoms with Crippen molar-refractivity contribution in [2.24, 2.45) is 0 Å². The Bertz CT molecular complexity index is 493.